The predicted octanol–water partition coefficient (Wildman–Crippen LogP) is 1.66. The summed E-state index contributed by atoms with van der Waals surface area (Å²) in [5.74, 6) is -1.43. The summed E-state index contributed by atoms with van der Waals surface area (Å²) in [5, 5.41) is 11.9. The summed E-state index contributed by atoms with van der Waals surface area (Å²) in [7, 11) is -2.07. The predicted molar refractivity (Wildman–Crippen MR) is 95.2 cm³/mol. The van der Waals surface area contributed by atoms with Gasteiger partial charge in [-0.05, 0) is 24.5 Å². The van der Waals surface area contributed by atoms with E-state index in [4.69, 9.17) is 0 Å². The summed E-state index contributed by atoms with van der Waals surface area (Å²) in [6.07, 6.45) is 1.61. The summed E-state index contributed by atoms with van der Waals surface area (Å²) >= 11 is 0. The molecule has 0 radical (unpaired) electrons. The summed E-state index contributed by atoms with van der Waals surface area (Å²) in [6.45, 7) is 2.50. The molecule has 1 aliphatic rings. The molecule has 0 aliphatic carbocycles. The summed E-state index contributed by atoms with van der Waals surface area (Å²) in [5.41, 5.74) is 0.698. The Morgan fingerprint density at radius 2 is 1.92 bits per heavy atom. The van der Waals surface area contributed by atoms with Crippen molar-refractivity contribution < 1.29 is 23.1 Å². The molecule has 2 amide bonds. The maximum absolute atomic E-state index is 12.6. The van der Waals surface area contributed by atoms with Crippen molar-refractivity contribution in [3.8, 4) is 0 Å². The molecule has 1 aromatic rings. The number of carbonyl (C=O) groups is 2. The van der Waals surface area contributed by atoms with Crippen LogP contribution in [0.15, 0.2) is 24.3 Å². The lowest BCUT2D eigenvalue weighted by atomic mass is 9.91. The van der Waals surface area contributed by atoms with Crippen molar-refractivity contribution in [1.29, 1.82) is 0 Å². The first kappa shape index (κ1) is 19.0. The van der Waals surface area contributed by atoms with Crippen molar-refractivity contribution in [1.82, 2.24) is 4.90 Å². The Kier molecular flexibility index (Phi) is 5.56. The van der Waals surface area contributed by atoms with Crippen LogP contribution in [0.4, 0.5) is 16.2 Å². The van der Waals surface area contributed by atoms with Crippen LogP contribution in [0.3, 0.4) is 0 Å². The van der Waals surface area contributed by atoms with E-state index in [1.54, 1.807) is 24.3 Å². The van der Waals surface area contributed by atoms with Crippen molar-refractivity contribution >= 4 is 33.4 Å². The second-order valence-electron chi connectivity index (χ2n) is 6.46. The van der Waals surface area contributed by atoms with E-state index in [1.165, 1.54) is 11.9 Å². The standard InChI is InChI=1S/C16H23N3O5S/c1-11-8-12(15(20)21)10-19(9-11)16(22)17-13-6-4-5-7-14(13)18(2)25(3,23)24/h4-7,11-12H,8-10H2,1-3H3,(H,17,22)(H,20,21). The molecule has 0 saturated carbocycles. The van der Waals surface area contributed by atoms with Gasteiger partial charge in [0.05, 0.1) is 23.5 Å². The van der Waals surface area contributed by atoms with Gasteiger partial charge in [0.15, 0.2) is 0 Å². The van der Waals surface area contributed by atoms with Crippen molar-refractivity contribution in [2.75, 3.05) is 36.0 Å². The first-order chi connectivity index (χ1) is 11.6. The fourth-order valence-electron chi connectivity index (χ4n) is 2.92. The Labute approximate surface area is 147 Å². The number of sulfonamides is 1. The van der Waals surface area contributed by atoms with Crippen LogP contribution in [0, 0.1) is 11.8 Å². The van der Waals surface area contributed by atoms with Crippen molar-refractivity contribution in [3.63, 3.8) is 0 Å². The van der Waals surface area contributed by atoms with E-state index < -0.39 is 27.9 Å². The zero-order valence-electron chi connectivity index (χ0n) is 14.5. The number of carbonyl (C=O) groups excluding carboxylic acids is 1. The van der Waals surface area contributed by atoms with Crippen LogP contribution in [0.5, 0.6) is 0 Å². The number of carboxylic acid groups (broad SMARTS) is 1. The number of amides is 2. The van der Waals surface area contributed by atoms with E-state index in [0.717, 1.165) is 10.6 Å². The van der Waals surface area contributed by atoms with Gasteiger partial charge in [-0.2, -0.15) is 0 Å². The molecule has 1 saturated heterocycles. The van der Waals surface area contributed by atoms with Crippen LogP contribution in [0.25, 0.3) is 0 Å². The van der Waals surface area contributed by atoms with Crippen LogP contribution in [-0.2, 0) is 14.8 Å². The van der Waals surface area contributed by atoms with Gasteiger partial charge >= 0.3 is 12.0 Å². The van der Waals surface area contributed by atoms with Gasteiger partial charge in [0.2, 0.25) is 10.0 Å². The number of para-hydroxylation sites is 2. The second-order valence-corrected chi connectivity index (χ2v) is 8.47. The number of aliphatic carboxylic acids is 1. The van der Waals surface area contributed by atoms with Crippen LogP contribution >= 0.6 is 0 Å². The number of nitrogens with one attached hydrogen (secondary N) is 1. The third-order valence-electron chi connectivity index (χ3n) is 4.28. The Morgan fingerprint density at radius 1 is 1.28 bits per heavy atom. The highest BCUT2D eigenvalue weighted by Gasteiger charge is 2.32. The number of carboxylic acids is 1. The molecule has 8 nitrogen and oxygen atoms in total. The Balaban J connectivity index is 2.20. The number of likely N-dealkylation sites (tertiary alicyclic amines) is 1. The summed E-state index contributed by atoms with van der Waals surface area (Å²) in [6, 6.07) is 6.13. The van der Waals surface area contributed by atoms with E-state index >= 15 is 0 Å². The minimum absolute atomic E-state index is 0.0783. The maximum atomic E-state index is 12.6. The largest absolute Gasteiger partial charge is 0.481 e. The van der Waals surface area contributed by atoms with Gasteiger partial charge in [0.25, 0.3) is 0 Å². The highest BCUT2D eigenvalue weighted by Crippen LogP contribution is 2.28. The number of hydrogen-bond acceptors (Lipinski definition) is 4. The molecule has 9 heteroatoms. The van der Waals surface area contributed by atoms with E-state index in [2.05, 4.69) is 5.32 Å². The lowest BCUT2D eigenvalue weighted by Crippen LogP contribution is -2.47. The van der Waals surface area contributed by atoms with Gasteiger partial charge in [-0.15, -0.1) is 0 Å². The highest BCUT2D eigenvalue weighted by molar-refractivity contribution is 7.92. The SMILES string of the molecule is CC1CC(C(=O)O)CN(C(=O)Nc2ccccc2N(C)S(C)(=O)=O)C1. The first-order valence-electron chi connectivity index (χ1n) is 7.91. The van der Waals surface area contributed by atoms with Crippen molar-refractivity contribution in [2.45, 2.75) is 13.3 Å². The van der Waals surface area contributed by atoms with E-state index in [-0.39, 0.29) is 12.5 Å². The Morgan fingerprint density at radius 3 is 2.52 bits per heavy atom. The lowest BCUT2D eigenvalue weighted by Gasteiger charge is -2.34. The van der Waals surface area contributed by atoms with Gasteiger partial charge in [-0.3, -0.25) is 9.10 Å². The molecule has 0 bridgehead atoms. The van der Waals surface area contributed by atoms with Gasteiger partial charge in [-0.25, -0.2) is 13.2 Å². The number of hydrogen-bond donors (Lipinski definition) is 2. The molecule has 2 atom stereocenters. The average molecular weight is 369 g/mol. The third kappa shape index (κ3) is 4.62. The highest BCUT2D eigenvalue weighted by atomic mass is 32.2. The first-order valence-corrected chi connectivity index (χ1v) is 9.76. The fraction of sp³-hybridized carbons (Fsp3) is 0.500. The van der Waals surface area contributed by atoms with Gasteiger partial charge in [-0.1, -0.05) is 19.1 Å². The summed E-state index contributed by atoms with van der Waals surface area (Å²) < 4.78 is 24.6. The minimum Gasteiger partial charge on any atom is -0.481 e. The molecule has 2 N–H and O–H groups in total. The maximum Gasteiger partial charge on any atom is 0.321 e. The lowest BCUT2D eigenvalue weighted by molar-refractivity contribution is -0.143. The molecular weight excluding hydrogens is 346 g/mol. The number of anilines is 2. The molecule has 138 valence electrons. The molecular formula is C16H23N3O5S. The van der Waals surface area contributed by atoms with Gasteiger partial charge in [0.1, 0.15) is 0 Å². The zero-order valence-corrected chi connectivity index (χ0v) is 15.3. The van der Waals surface area contributed by atoms with Crippen molar-refractivity contribution in [3.05, 3.63) is 24.3 Å². The molecule has 1 aromatic carbocycles. The van der Waals surface area contributed by atoms with E-state index in [9.17, 15) is 23.1 Å². The smallest absolute Gasteiger partial charge is 0.321 e. The fourth-order valence-corrected chi connectivity index (χ4v) is 3.44. The molecule has 1 fully saturated rings. The molecule has 0 aromatic heterocycles. The van der Waals surface area contributed by atoms with Crippen LogP contribution < -0.4 is 9.62 Å². The molecule has 2 rings (SSSR count). The summed E-state index contributed by atoms with van der Waals surface area (Å²) in [4.78, 5) is 25.3. The quantitative estimate of drug-likeness (QED) is 0.839. The normalized spacial score (nSPS) is 20.8. The zero-order chi connectivity index (χ0) is 18.8. The monoisotopic (exact) mass is 369 g/mol. The van der Waals surface area contributed by atoms with E-state index in [1.807, 2.05) is 6.92 Å². The average Bonchev–Trinajstić information content (AvgIpc) is 2.53. The van der Waals surface area contributed by atoms with Crippen LogP contribution in [0.1, 0.15) is 13.3 Å². The minimum atomic E-state index is -3.48. The van der Waals surface area contributed by atoms with Gasteiger partial charge in [0, 0.05) is 20.1 Å². The molecule has 1 aliphatic heterocycles. The number of benzene rings is 1. The number of urea groups is 1. The number of piperidine rings is 1. The molecule has 25 heavy (non-hydrogen) atoms. The number of rotatable bonds is 4. The second kappa shape index (κ2) is 7.30. The van der Waals surface area contributed by atoms with E-state index in [0.29, 0.717) is 24.3 Å². The van der Waals surface area contributed by atoms with Crippen molar-refractivity contribution in [2.24, 2.45) is 11.8 Å². The van der Waals surface area contributed by atoms with Gasteiger partial charge < -0.3 is 15.3 Å². The third-order valence-corrected chi connectivity index (χ3v) is 5.47. The Bertz CT molecular complexity index is 765. The van der Waals surface area contributed by atoms with Crippen LogP contribution in [-0.4, -0.2) is 56.8 Å². The molecule has 0 spiro atoms. The number of nitrogens with zero attached hydrogens (tertiary/aromatic N) is 2. The Hall–Kier alpha value is -2.29. The van der Waals surface area contributed by atoms with Crippen LogP contribution in [0.2, 0.25) is 0 Å². The molecule has 2 unspecified atom stereocenters. The molecule has 1 heterocycles. The topological polar surface area (TPSA) is 107 Å².